The van der Waals surface area contributed by atoms with Crippen molar-refractivity contribution in [2.45, 2.75) is 19.3 Å². The summed E-state index contributed by atoms with van der Waals surface area (Å²) < 4.78 is 76.9. The normalized spacial score (nSPS) is 12.2. The van der Waals surface area contributed by atoms with E-state index in [9.17, 15) is 36.5 Å². The fraction of sp³-hybridized carbons (Fsp3) is 0.214. The Hall–Kier alpha value is -2.27. The Labute approximate surface area is 157 Å². The number of anilines is 2. The zero-order valence-corrected chi connectivity index (χ0v) is 14.5. The van der Waals surface area contributed by atoms with Gasteiger partial charge in [-0.15, -0.1) is 0 Å². The molecule has 146 valence electrons. The molecular formula is C14H7Cl2F6N3O2. The maximum Gasteiger partial charge on any atom is 0.418 e. The summed E-state index contributed by atoms with van der Waals surface area (Å²) in [5.74, 6) is -0.424. The molecule has 1 aromatic carbocycles. The SMILES string of the molecule is Cc1c(Cl)c(C(F)(F)F)cc([N+](=O)[O-])c1Nc1ncc(C(F)(F)F)cc1Cl. The molecule has 0 fully saturated rings. The molecule has 0 aliphatic carbocycles. The number of alkyl halides is 6. The lowest BCUT2D eigenvalue weighted by molar-refractivity contribution is -0.384. The number of rotatable bonds is 3. The number of hydrogen-bond acceptors (Lipinski definition) is 4. The lowest BCUT2D eigenvalue weighted by atomic mass is 10.1. The lowest BCUT2D eigenvalue weighted by Crippen LogP contribution is -2.11. The minimum atomic E-state index is -4.95. The minimum Gasteiger partial charge on any atom is -0.333 e. The van der Waals surface area contributed by atoms with Crippen molar-refractivity contribution in [3.63, 3.8) is 0 Å². The first-order valence-electron chi connectivity index (χ1n) is 6.78. The highest BCUT2D eigenvalue weighted by atomic mass is 35.5. The Morgan fingerprint density at radius 2 is 1.70 bits per heavy atom. The first-order chi connectivity index (χ1) is 12.2. The predicted octanol–water partition coefficient (Wildman–Crippen LogP) is 6.39. The van der Waals surface area contributed by atoms with Crippen molar-refractivity contribution >= 4 is 40.4 Å². The van der Waals surface area contributed by atoms with Gasteiger partial charge in [0.05, 0.1) is 26.1 Å². The zero-order chi connectivity index (χ0) is 20.7. The van der Waals surface area contributed by atoms with Crippen molar-refractivity contribution in [2.75, 3.05) is 5.32 Å². The van der Waals surface area contributed by atoms with E-state index in [-0.39, 0.29) is 11.6 Å². The van der Waals surface area contributed by atoms with Gasteiger partial charge in [-0.05, 0) is 18.6 Å². The number of nitrogens with one attached hydrogen (secondary N) is 1. The van der Waals surface area contributed by atoms with Crippen LogP contribution in [0.2, 0.25) is 10.0 Å². The molecule has 0 aliphatic heterocycles. The zero-order valence-electron chi connectivity index (χ0n) is 13.0. The third kappa shape index (κ3) is 4.35. The highest BCUT2D eigenvalue weighted by molar-refractivity contribution is 6.33. The summed E-state index contributed by atoms with van der Waals surface area (Å²) in [5, 5.41) is 12.1. The van der Waals surface area contributed by atoms with Crippen molar-refractivity contribution in [2.24, 2.45) is 0 Å². The van der Waals surface area contributed by atoms with Crippen molar-refractivity contribution in [1.29, 1.82) is 0 Å². The van der Waals surface area contributed by atoms with Gasteiger partial charge in [-0.1, -0.05) is 23.2 Å². The summed E-state index contributed by atoms with van der Waals surface area (Å²) in [6, 6.07) is 0.736. The Balaban J connectivity index is 2.60. The quantitative estimate of drug-likeness (QED) is 0.346. The molecule has 0 unspecified atom stereocenters. The van der Waals surface area contributed by atoms with Gasteiger partial charge in [-0.3, -0.25) is 10.1 Å². The Bertz CT molecular complexity index is 915. The molecule has 0 atom stereocenters. The molecule has 0 saturated carbocycles. The smallest absolute Gasteiger partial charge is 0.333 e. The number of nitro groups is 1. The number of aromatic nitrogens is 1. The highest BCUT2D eigenvalue weighted by Gasteiger charge is 2.38. The van der Waals surface area contributed by atoms with Crippen LogP contribution in [-0.4, -0.2) is 9.91 Å². The first kappa shape index (κ1) is 21.0. The fourth-order valence-corrected chi connectivity index (χ4v) is 2.56. The van der Waals surface area contributed by atoms with E-state index in [2.05, 4.69) is 10.3 Å². The number of pyridine rings is 1. The van der Waals surface area contributed by atoms with Crippen LogP contribution in [-0.2, 0) is 12.4 Å². The molecule has 0 saturated heterocycles. The van der Waals surface area contributed by atoms with Crippen LogP contribution < -0.4 is 5.32 Å². The second-order valence-electron chi connectivity index (χ2n) is 5.19. The minimum absolute atomic E-state index is 0.218. The van der Waals surface area contributed by atoms with Gasteiger partial charge >= 0.3 is 12.4 Å². The third-order valence-electron chi connectivity index (χ3n) is 3.39. The van der Waals surface area contributed by atoms with Crippen LogP contribution in [0.15, 0.2) is 18.3 Å². The van der Waals surface area contributed by atoms with E-state index in [0.717, 1.165) is 6.92 Å². The number of benzene rings is 1. The average Bonchev–Trinajstić information content (AvgIpc) is 2.51. The second-order valence-corrected chi connectivity index (χ2v) is 5.97. The van der Waals surface area contributed by atoms with Crippen molar-refractivity contribution < 1.29 is 31.3 Å². The largest absolute Gasteiger partial charge is 0.418 e. The monoisotopic (exact) mass is 433 g/mol. The number of hydrogen-bond donors (Lipinski definition) is 1. The van der Waals surface area contributed by atoms with Gasteiger partial charge in [0.2, 0.25) is 0 Å². The van der Waals surface area contributed by atoms with Gasteiger partial charge < -0.3 is 5.32 Å². The summed E-state index contributed by atoms with van der Waals surface area (Å²) >= 11 is 11.4. The van der Waals surface area contributed by atoms with Crippen LogP contribution in [0.25, 0.3) is 0 Å². The molecule has 1 N–H and O–H groups in total. The molecule has 0 spiro atoms. The van der Waals surface area contributed by atoms with E-state index in [1.165, 1.54) is 0 Å². The van der Waals surface area contributed by atoms with Gasteiger partial charge in [0, 0.05) is 12.3 Å². The van der Waals surface area contributed by atoms with E-state index >= 15 is 0 Å². The molecule has 0 bridgehead atoms. The van der Waals surface area contributed by atoms with Gasteiger partial charge in [0.25, 0.3) is 5.69 Å². The van der Waals surface area contributed by atoms with Gasteiger partial charge in [-0.25, -0.2) is 4.98 Å². The molecule has 2 aromatic rings. The first-order valence-corrected chi connectivity index (χ1v) is 7.53. The third-order valence-corrected chi connectivity index (χ3v) is 4.17. The summed E-state index contributed by atoms with van der Waals surface area (Å²) in [6.45, 7) is 1.07. The van der Waals surface area contributed by atoms with Gasteiger partial charge in [0.1, 0.15) is 11.5 Å². The predicted molar refractivity (Wildman–Crippen MR) is 85.4 cm³/mol. The molecule has 1 aromatic heterocycles. The van der Waals surface area contributed by atoms with Crippen molar-refractivity contribution in [1.82, 2.24) is 4.98 Å². The van der Waals surface area contributed by atoms with Crippen LogP contribution in [0.3, 0.4) is 0 Å². The molecule has 0 radical (unpaired) electrons. The number of halogens is 8. The summed E-state index contributed by atoms with van der Waals surface area (Å²) in [6.07, 6.45) is -9.26. The standard InChI is InChI=1S/C14H7Cl2F6N3O2/c1-5-10(16)7(14(20,21)22)3-9(25(26)27)11(5)24-12-8(15)2-6(4-23-12)13(17,18)19/h2-4H,1H3,(H,23,24). The van der Waals surface area contributed by atoms with E-state index < -0.39 is 55.6 Å². The van der Waals surface area contributed by atoms with Crippen LogP contribution in [0, 0.1) is 17.0 Å². The topological polar surface area (TPSA) is 68.1 Å². The molecule has 0 amide bonds. The Morgan fingerprint density at radius 1 is 1.11 bits per heavy atom. The summed E-state index contributed by atoms with van der Waals surface area (Å²) in [7, 11) is 0. The van der Waals surface area contributed by atoms with Crippen LogP contribution in [0.1, 0.15) is 16.7 Å². The molecule has 13 heteroatoms. The molecule has 1 heterocycles. The van der Waals surface area contributed by atoms with Crippen molar-refractivity contribution in [3.05, 3.63) is 55.2 Å². The fourth-order valence-electron chi connectivity index (χ4n) is 2.09. The maximum atomic E-state index is 13.0. The van der Waals surface area contributed by atoms with Gasteiger partial charge in [0.15, 0.2) is 0 Å². The maximum absolute atomic E-state index is 13.0. The van der Waals surface area contributed by atoms with Crippen LogP contribution in [0.5, 0.6) is 0 Å². The van der Waals surface area contributed by atoms with Crippen molar-refractivity contribution in [3.8, 4) is 0 Å². The molecule has 5 nitrogen and oxygen atoms in total. The average molecular weight is 434 g/mol. The number of nitrogens with zero attached hydrogens (tertiary/aromatic N) is 2. The van der Waals surface area contributed by atoms with E-state index in [1.807, 2.05) is 0 Å². The molecule has 27 heavy (non-hydrogen) atoms. The highest BCUT2D eigenvalue weighted by Crippen LogP contribution is 2.44. The van der Waals surface area contributed by atoms with E-state index in [0.29, 0.717) is 12.3 Å². The Kier molecular flexibility index (Phi) is 5.48. The van der Waals surface area contributed by atoms with Gasteiger partial charge in [-0.2, -0.15) is 26.3 Å². The Morgan fingerprint density at radius 3 is 2.15 bits per heavy atom. The van der Waals surface area contributed by atoms with E-state index in [4.69, 9.17) is 23.2 Å². The second kappa shape index (κ2) is 7.04. The van der Waals surface area contributed by atoms with E-state index in [1.54, 1.807) is 0 Å². The molecule has 0 aliphatic rings. The number of nitro benzene ring substituents is 1. The molecular weight excluding hydrogens is 427 g/mol. The molecule has 2 rings (SSSR count). The summed E-state index contributed by atoms with van der Waals surface area (Å²) in [5.41, 5.74) is -4.43. The van der Waals surface area contributed by atoms with Crippen LogP contribution in [0.4, 0.5) is 43.5 Å². The van der Waals surface area contributed by atoms with Crippen LogP contribution >= 0.6 is 23.2 Å². The summed E-state index contributed by atoms with van der Waals surface area (Å²) in [4.78, 5) is 13.5. The lowest BCUT2D eigenvalue weighted by Gasteiger charge is -2.16.